The van der Waals surface area contributed by atoms with Crippen LogP contribution in [0.3, 0.4) is 0 Å². The molecule has 0 saturated heterocycles. The van der Waals surface area contributed by atoms with Crippen LogP contribution in [0.5, 0.6) is 5.75 Å². The highest BCUT2D eigenvalue weighted by Gasteiger charge is 2.43. The van der Waals surface area contributed by atoms with Crippen molar-refractivity contribution in [1.29, 1.82) is 0 Å². The topological polar surface area (TPSA) is 61.9 Å². The molecule has 6 nitrogen and oxygen atoms in total. The van der Waals surface area contributed by atoms with Gasteiger partial charge in [-0.15, -0.1) is 0 Å². The number of urea groups is 1. The first-order chi connectivity index (χ1) is 13.5. The molecule has 0 radical (unpaired) electrons. The third-order valence-corrected chi connectivity index (χ3v) is 5.55. The largest absolute Gasteiger partial charge is 0.494 e. The van der Waals surface area contributed by atoms with E-state index in [0.29, 0.717) is 18.7 Å². The first kappa shape index (κ1) is 18.6. The molecule has 1 atom stereocenters. The van der Waals surface area contributed by atoms with Gasteiger partial charge in [0, 0.05) is 17.2 Å². The Labute approximate surface area is 171 Å². The van der Waals surface area contributed by atoms with Crippen molar-refractivity contribution in [2.75, 3.05) is 25.1 Å². The standard InChI is InChI=1S/C21H20BrN3O3/c1-3-28-16-10-8-15(9-11-16)25-12-17-18(20(25)26)19(23-21(27)24(17)2)13-4-6-14(22)7-5-13/h4-11,19H,3,12H2,1-2H3,(H,23,27). The average Bonchev–Trinajstić information content (AvgIpc) is 3.04. The molecule has 0 saturated carbocycles. The molecule has 2 aliphatic rings. The molecule has 2 aliphatic heterocycles. The zero-order valence-corrected chi connectivity index (χ0v) is 17.2. The Kier molecular flexibility index (Phi) is 4.85. The van der Waals surface area contributed by atoms with E-state index in [2.05, 4.69) is 21.2 Å². The van der Waals surface area contributed by atoms with Crippen molar-refractivity contribution in [3.05, 3.63) is 69.8 Å². The number of amides is 3. The van der Waals surface area contributed by atoms with Crippen molar-refractivity contribution in [3.8, 4) is 5.75 Å². The predicted molar refractivity (Wildman–Crippen MR) is 110 cm³/mol. The Bertz CT molecular complexity index is 954. The Morgan fingerprint density at radius 3 is 2.43 bits per heavy atom. The fourth-order valence-electron chi connectivity index (χ4n) is 3.57. The quantitative estimate of drug-likeness (QED) is 0.783. The molecule has 0 fully saturated rings. The lowest BCUT2D eigenvalue weighted by Gasteiger charge is -2.31. The minimum atomic E-state index is -0.466. The van der Waals surface area contributed by atoms with Gasteiger partial charge in [0.15, 0.2) is 0 Å². The second-order valence-electron chi connectivity index (χ2n) is 6.67. The van der Waals surface area contributed by atoms with Gasteiger partial charge in [-0.05, 0) is 48.9 Å². The van der Waals surface area contributed by atoms with Crippen LogP contribution >= 0.6 is 15.9 Å². The molecule has 0 aromatic heterocycles. The fourth-order valence-corrected chi connectivity index (χ4v) is 3.83. The number of hydrogen-bond donors (Lipinski definition) is 1. The number of hydrogen-bond acceptors (Lipinski definition) is 3. The smallest absolute Gasteiger partial charge is 0.322 e. The number of nitrogens with one attached hydrogen (secondary N) is 1. The van der Waals surface area contributed by atoms with Crippen LogP contribution < -0.4 is 15.0 Å². The summed E-state index contributed by atoms with van der Waals surface area (Å²) in [6.45, 7) is 2.88. The van der Waals surface area contributed by atoms with Crippen molar-refractivity contribution in [3.63, 3.8) is 0 Å². The lowest BCUT2D eigenvalue weighted by molar-refractivity contribution is -0.114. The van der Waals surface area contributed by atoms with E-state index in [1.807, 2.05) is 55.5 Å². The zero-order chi connectivity index (χ0) is 19.8. The fraction of sp³-hybridized carbons (Fsp3) is 0.238. The summed E-state index contributed by atoms with van der Waals surface area (Å²) in [6.07, 6.45) is 0. The van der Waals surface area contributed by atoms with E-state index in [1.165, 1.54) is 4.90 Å². The van der Waals surface area contributed by atoms with Crippen LogP contribution in [-0.2, 0) is 4.79 Å². The van der Waals surface area contributed by atoms with Gasteiger partial charge < -0.3 is 15.0 Å². The Hall–Kier alpha value is -2.80. The van der Waals surface area contributed by atoms with Gasteiger partial charge >= 0.3 is 6.03 Å². The second-order valence-corrected chi connectivity index (χ2v) is 7.59. The van der Waals surface area contributed by atoms with Gasteiger partial charge in [-0.2, -0.15) is 0 Å². The number of halogens is 1. The van der Waals surface area contributed by atoms with E-state index in [4.69, 9.17) is 4.74 Å². The maximum atomic E-state index is 13.3. The summed E-state index contributed by atoms with van der Waals surface area (Å²) in [5, 5.41) is 2.95. The third-order valence-electron chi connectivity index (χ3n) is 5.02. The number of nitrogens with zero attached hydrogens (tertiary/aromatic N) is 2. The van der Waals surface area contributed by atoms with Crippen LogP contribution in [0.15, 0.2) is 64.3 Å². The lowest BCUT2D eigenvalue weighted by atomic mass is 9.96. The summed E-state index contributed by atoms with van der Waals surface area (Å²) in [5.41, 5.74) is 2.99. The van der Waals surface area contributed by atoms with E-state index in [9.17, 15) is 9.59 Å². The molecule has 1 N–H and O–H groups in total. The number of benzene rings is 2. The summed E-state index contributed by atoms with van der Waals surface area (Å²) in [7, 11) is 1.69. The molecule has 0 spiro atoms. The van der Waals surface area contributed by atoms with Crippen molar-refractivity contribution < 1.29 is 14.3 Å². The number of likely N-dealkylation sites (N-methyl/N-ethyl adjacent to an activating group) is 1. The van der Waals surface area contributed by atoms with Crippen LogP contribution in [0.25, 0.3) is 0 Å². The van der Waals surface area contributed by atoms with E-state index in [0.717, 1.165) is 27.2 Å². The minimum Gasteiger partial charge on any atom is -0.494 e. The third kappa shape index (κ3) is 3.16. The van der Waals surface area contributed by atoms with Crippen molar-refractivity contribution in [2.45, 2.75) is 13.0 Å². The van der Waals surface area contributed by atoms with Gasteiger partial charge in [0.05, 0.1) is 30.5 Å². The maximum absolute atomic E-state index is 13.3. The summed E-state index contributed by atoms with van der Waals surface area (Å²) in [4.78, 5) is 29.0. The highest BCUT2D eigenvalue weighted by atomic mass is 79.9. The molecule has 28 heavy (non-hydrogen) atoms. The molecule has 4 rings (SSSR count). The molecular formula is C21H20BrN3O3. The lowest BCUT2D eigenvalue weighted by Crippen LogP contribution is -2.45. The van der Waals surface area contributed by atoms with Crippen LogP contribution in [0.2, 0.25) is 0 Å². The average molecular weight is 442 g/mol. The molecule has 7 heteroatoms. The summed E-state index contributed by atoms with van der Waals surface area (Å²) < 4.78 is 6.42. The Balaban J connectivity index is 1.68. The van der Waals surface area contributed by atoms with Crippen molar-refractivity contribution >= 4 is 33.6 Å². The molecule has 3 amide bonds. The first-order valence-corrected chi connectivity index (χ1v) is 9.86. The number of ether oxygens (including phenoxy) is 1. The highest BCUT2D eigenvalue weighted by Crippen LogP contribution is 2.38. The number of carbonyl (C=O) groups is 2. The Morgan fingerprint density at radius 1 is 1.11 bits per heavy atom. The Morgan fingerprint density at radius 2 is 1.79 bits per heavy atom. The van der Waals surface area contributed by atoms with E-state index in [1.54, 1.807) is 11.9 Å². The molecule has 2 aromatic carbocycles. The molecular weight excluding hydrogens is 422 g/mol. The molecule has 0 bridgehead atoms. The van der Waals surface area contributed by atoms with E-state index >= 15 is 0 Å². The normalized spacial score (nSPS) is 19.0. The SMILES string of the molecule is CCOc1ccc(N2CC3=C(C2=O)C(c2ccc(Br)cc2)NC(=O)N3C)cc1. The van der Waals surface area contributed by atoms with Crippen molar-refractivity contribution in [1.82, 2.24) is 10.2 Å². The van der Waals surface area contributed by atoms with Gasteiger partial charge in [-0.1, -0.05) is 28.1 Å². The van der Waals surface area contributed by atoms with E-state index in [-0.39, 0.29) is 11.9 Å². The molecule has 0 aliphatic carbocycles. The number of anilines is 1. The maximum Gasteiger partial charge on any atom is 0.322 e. The summed E-state index contributed by atoms with van der Waals surface area (Å²) >= 11 is 3.42. The number of carbonyl (C=O) groups excluding carboxylic acids is 2. The van der Waals surface area contributed by atoms with Gasteiger partial charge in [0.25, 0.3) is 5.91 Å². The van der Waals surface area contributed by atoms with Crippen molar-refractivity contribution in [2.24, 2.45) is 0 Å². The summed E-state index contributed by atoms with van der Waals surface area (Å²) in [5.74, 6) is 0.663. The zero-order valence-electron chi connectivity index (χ0n) is 15.6. The molecule has 2 heterocycles. The monoisotopic (exact) mass is 441 g/mol. The van der Waals surface area contributed by atoms with E-state index < -0.39 is 6.04 Å². The van der Waals surface area contributed by atoms with Crippen LogP contribution in [0.1, 0.15) is 18.5 Å². The van der Waals surface area contributed by atoms with Gasteiger partial charge in [0.1, 0.15) is 5.75 Å². The summed E-state index contributed by atoms with van der Waals surface area (Å²) in [6, 6.07) is 14.4. The van der Waals surface area contributed by atoms with Crippen LogP contribution in [0, 0.1) is 0 Å². The molecule has 144 valence electrons. The van der Waals surface area contributed by atoms with Crippen LogP contribution in [-0.4, -0.2) is 37.0 Å². The number of rotatable bonds is 4. The minimum absolute atomic E-state index is 0.0982. The second kappa shape index (κ2) is 7.31. The van der Waals surface area contributed by atoms with Gasteiger partial charge in [0.2, 0.25) is 0 Å². The van der Waals surface area contributed by atoms with Crippen LogP contribution in [0.4, 0.5) is 10.5 Å². The highest BCUT2D eigenvalue weighted by molar-refractivity contribution is 9.10. The molecule has 2 aromatic rings. The first-order valence-electron chi connectivity index (χ1n) is 9.07. The van der Waals surface area contributed by atoms with Gasteiger partial charge in [-0.25, -0.2) is 4.79 Å². The van der Waals surface area contributed by atoms with Gasteiger partial charge in [-0.3, -0.25) is 9.69 Å². The molecule has 1 unspecified atom stereocenters. The predicted octanol–water partition coefficient (Wildman–Crippen LogP) is 3.84.